The van der Waals surface area contributed by atoms with Crippen molar-refractivity contribution in [3.8, 4) is 11.1 Å². The van der Waals surface area contributed by atoms with E-state index < -0.39 is 0 Å². The van der Waals surface area contributed by atoms with E-state index in [0.29, 0.717) is 12.5 Å². The Morgan fingerprint density at radius 1 is 0.964 bits per heavy atom. The molecule has 5 rings (SSSR count). The Bertz CT molecular complexity index is 986. The van der Waals surface area contributed by atoms with Gasteiger partial charge in [0.05, 0.1) is 11.7 Å². The van der Waals surface area contributed by atoms with Crippen molar-refractivity contribution < 1.29 is 4.79 Å². The zero-order chi connectivity index (χ0) is 19.1. The van der Waals surface area contributed by atoms with Crippen LogP contribution in [0, 0.1) is 6.92 Å². The molecule has 2 fully saturated rings. The van der Waals surface area contributed by atoms with Gasteiger partial charge in [0.25, 0.3) is 5.91 Å². The van der Waals surface area contributed by atoms with Crippen molar-refractivity contribution >= 4 is 5.91 Å². The van der Waals surface area contributed by atoms with E-state index in [1.165, 1.54) is 24.0 Å². The van der Waals surface area contributed by atoms with Crippen LogP contribution in [0.15, 0.2) is 54.7 Å². The molecule has 0 N–H and O–H groups in total. The number of aryl methyl sites for hydroxylation is 1. The van der Waals surface area contributed by atoms with E-state index in [2.05, 4.69) is 47.7 Å². The van der Waals surface area contributed by atoms with Crippen molar-refractivity contribution in [1.82, 2.24) is 19.9 Å². The maximum Gasteiger partial charge on any atom is 0.253 e. The largest absolute Gasteiger partial charge is 0.336 e. The van der Waals surface area contributed by atoms with Crippen LogP contribution in [0.4, 0.5) is 0 Å². The highest BCUT2D eigenvalue weighted by molar-refractivity contribution is 5.95. The number of carbonyl (C=O) groups excluding carboxylic acids is 1. The fourth-order valence-electron chi connectivity index (χ4n) is 3.91. The summed E-state index contributed by atoms with van der Waals surface area (Å²) in [6.07, 6.45) is 5.46. The Morgan fingerprint density at radius 3 is 2.32 bits per heavy atom. The van der Waals surface area contributed by atoms with E-state index in [0.717, 1.165) is 29.8 Å². The van der Waals surface area contributed by atoms with Gasteiger partial charge in [0, 0.05) is 30.8 Å². The minimum absolute atomic E-state index is 0.0977. The van der Waals surface area contributed by atoms with Gasteiger partial charge < -0.3 is 4.90 Å². The Kier molecular flexibility index (Phi) is 4.23. The molecule has 142 valence electrons. The molecule has 2 heterocycles. The zero-order valence-electron chi connectivity index (χ0n) is 16.1. The molecule has 1 saturated heterocycles. The van der Waals surface area contributed by atoms with Gasteiger partial charge in [0.1, 0.15) is 0 Å². The first-order chi connectivity index (χ1) is 13.7. The van der Waals surface area contributed by atoms with Crippen LogP contribution in [0.1, 0.15) is 52.8 Å². The molecule has 5 heteroatoms. The van der Waals surface area contributed by atoms with Crippen molar-refractivity contribution in [2.24, 2.45) is 0 Å². The van der Waals surface area contributed by atoms with Crippen molar-refractivity contribution in [2.45, 2.75) is 38.1 Å². The molecule has 2 aliphatic rings. The Hall–Kier alpha value is -2.95. The van der Waals surface area contributed by atoms with Gasteiger partial charge in [0.15, 0.2) is 0 Å². The summed E-state index contributed by atoms with van der Waals surface area (Å²) in [7, 11) is 0. The SMILES string of the molecule is Cc1ccc(-c2ccc(C(=O)N3CCC(n4cc(C5CC5)nn4)C3)cc2)cc1. The molecule has 0 spiro atoms. The van der Waals surface area contributed by atoms with Gasteiger partial charge in [-0.2, -0.15) is 0 Å². The number of aromatic nitrogens is 3. The van der Waals surface area contributed by atoms with Gasteiger partial charge >= 0.3 is 0 Å². The molecule has 1 amide bonds. The number of nitrogens with zero attached hydrogens (tertiary/aromatic N) is 4. The lowest BCUT2D eigenvalue weighted by Gasteiger charge is -2.17. The monoisotopic (exact) mass is 372 g/mol. The summed E-state index contributed by atoms with van der Waals surface area (Å²) in [6.45, 7) is 3.55. The summed E-state index contributed by atoms with van der Waals surface area (Å²) >= 11 is 0. The van der Waals surface area contributed by atoms with E-state index in [4.69, 9.17) is 0 Å². The Balaban J connectivity index is 1.26. The maximum absolute atomic E-state index is 12.9. The summed E-state index contributed by atoms with van der Waals surface area (Å²) in [5, 5.41) is 8.61. The summed E-state index contributed by atoms with van der Waals surface area (Å²) in [4.78, 5) is 14.9. The molecule has 1 aliphatic heterocycles. The molecule has 1 unspecified atom stereocenters. The van der Waals surface area contributed by atoms with Crippen LogP contribution in [0.3, 0.4) is 0 Å². The van der Waals surface area contributed by atoms with Gasteiger partial charge in [-0.25, -0.2) is 4.68 Å². The molecule has 1 atom stereocenters. The number of rotatable bonds is 4. The van der Waals surface area contributed by atoms with Crippen molar-refractivity contribution in [3.05, 3.63) is 71.5 Å². The van der Waals surface area contributed by atoms with Crippen LogP contribution in [-0.2, 0) is 0 Å². The summed E-state index contributed by atoms with van der Waals surface area (Å²) in [5.74, 6) is 0.709. The fraction of sp³-hybridized carbons (Fsp3) is 0.348. The minimum atomic E-state index is 0.0977. The Labute approximate surface area is 165 Å². The lowest BCUT2D eigenvalue weighted by atomic mass is 10.0. The van der Waals surface area contributed by atoms with E-state index in [-0.39, 0.29) is 11.9 Å². The van der Waals surface area contributed by atoms with Gasteiger partial charge in [0.2, 0.25) is 0 Å². The van der Waals surface area contributed by atoms with E-state index >= 15 is 0 Å². The van der Waals surface area contributed by atoms with E-state index in [1.54, 1.807) is 0 Å². The van der Waals surface area contributed by atoms with Crippen molar-refractivity contribution in [2.75, 3.05) is 13.1 Å². The molecule has 3 aromatic rings. The van der Waals surface area contributed by atoms with Crippen molar-refractivity contribution in [3.63, 3.8) is 0 Å². The predicted molar refractivity (Wildman–Crippen MR) is 108 cm³/mol. The van der Waals surface area contributed by atoms with Gasteiger partial charge in [-0.1, -0.05) is 47.2 Å². The topological polar surface area (TPSA) is 51.0 Å². The zero-order valence-corrected chi connectivity index (χ0v) is 16.1. The predicted octanol–water partition coefficient (Wildman–Crippen LogP) is 4.22. The van der Waals surface area contributed by atoms with E-state index in [9.17, 15) is 4.79 Å². The van der Waals surface area contributed by atoms with Gasteiger partial charge in [-0.15, -0.1) is 5.10 Å². The normalized spacial score (nSPS) is 19.2. The highest BCUT2D eigenvalue weighted by atomic mass is 16.2. The lowest BCUT2D eigenvalue weighted by Crippen LogP contribution is -2.29. The molecular formula is C23H24N4O. The van der Waals surface area contributed by atoms with Crippen LogP contribution < -0.4 is 0 Å². The molecule has 1 aromatic heterocycles. The van der Waals surface area contributed by atoms with Crippen LogP contribution >= 0.6 is 0 Å². The highest BCUT2D eigenvalue weighted by Gasteiger charge is 2.31. The highest BCUT2D eigenvalue weighted by Crippen LogP contribution is 2.39. The number of likely N-dealkylation sites (tertiary alicyclic amines) is 1. The Morgan fingerprint density at radius 2 is 1.64 bits per heavy atom. The molecular weight excluding hydrogens is 348 g/mol. The van der Waals surface area contributed by atoms with E-state index in [1.807, 2.05) is 33.8 Å². The quantitative estimate of drug-likeness (QED) is 0.689. The summed E-state index contributed by atoms with van der Waals surface area (Å²) in [6, 6.07) is 16.6. The van der Waals surface area contributed by atoms with Crippen LogP contribution in [0.2, 0.25) is 0 Å². The number of hydrogen-bond acceptors (Lipinski definition) is 3. The molecule has 5 nitrogen and oxygen atoms in total. The fourth-order valence-corrected chi connectivity index (χ4v) is 3.91. The number of benzene rings is 2. The molecule has 28 heavy (non-hydrogen) atoms. The molecule has 0 bridgehead atoms. The number of carbonyl (C=O) groups is 1. The first-order valence-corrected chi connectivity index (χ1v) is 10.1. The second-order valence-corrected chi connectivity index (χ2v) is 8.03. The van der Waals surface area contributed by atoms with Gasteiger partial charge in [-0.3, -0.25) is 4.79 Å². The molecule has 1 saturated carbocycles. The average Bonchev–Trinajstić information content (AvgIpc) is 3.26. The minimum Gasteiger partial charge on any atom is -0.336 e. The third kappa shape index (κ3) is 3.33. The van der Waals surface area contributed by atoms with Crippen molar-refractivity contribution in [1.29, 1.82) is 0 Å². The first-order valence-electron chi connectivity index (χ1n) is 10.1. The molecule has 0 radical (unpaired) electrons. The van der Waals surface area contributed by atoms with Crippen LogP contribution in [0.5, 0.6) is 0 Å². The van der Waals surface area contributed by atoms with Crippen LogP contribution in [0.25, 0.3) is 11.1 Å². The van der Waals surface area contributed by atoms with Gasteiger partial charge in [-0.05, 0) is 49.4 Å². The maximum atomic E-state index is 12.9. The smallest absolute Gasteiger partial charge is 0.253 e. The average molecular weight is 372 g/mol. The standard InChI is InChI=1S/C23H24N4O/c1-16-2-4-17(5-3-16)18-6-10-20(11-7-18)23(28)26-13-12-21(14-26)27-15-22(24-25-27)19-8-9-19/h2-7,10-11,15,19,21H,8-9,12-14H2,1H3. The summed E-state index contributed by atoms with van der Waals surface area (Å²) in [5.41, 5.74) is 5.40. The second-order valence-electron chi connectivity index (χ2n) is 8.03. The molecule has 1 aliphatic carbocycles. The first kappa shape index (κ1) is 17.2. The lowest BCUT2D eigenvalue weighted by molar-refractivity contribution is 0.0787. The molecule has 2 aromatic carbocycles. The number of hydrogen-bond donors (Lipinski definition) is 0. The number of amides is 1. The summed E-state index contributed by atoms with van der Waals surface area (Å²) < 4.78 is 1.96. The van der Waals surface area contributed by atoms with Crippen LogP contribution in [-0.4, -0.2) is 38.9 Å². The second kappa shape index (κ2) is 6.89. The third-order valence-corrected chi connectivity index (χ3v) is 5.87. The third-order valence-electron chi connectivity index (χ3n) is 5.87.